The van der Waals surface area contributed by atoms with E-state index in [9.17, 15) is 13.5 Å². The van der Waals surface area contributed by atoms with Crippen LogP contribution in [0.3, 0.4) is 0 Å². The standard InChI is InChI=1S/C15H25NO4S2/c1-11-8-13(9-12(2)14(11)20-4)22(18,19)16-10-15(3,17)6-7-21-5/h8-9,16-17H,6-7,10H2,1-5H3. The molecule has 0 aliphatic carbocycles. The summed E-state index contributed by atoms with van der Waals surface area (Å²) in [4.78, 5) is 0.184. The van der Waals surface area contributed by atoms with Crippen LogP contribution in [0.5, 0.6) is 5.75 Å². The second-order valence-corrected chi connectivity index (χ2v) is 8.41. The Bertz CT molecular complexity index is 589. The van der Waals surface area contributed by atoms with Crippen molar-refractivity contribution in [2.75, 3.05) is 25.7 Å². The van der Waals surface area contributed by atoms with Crippen LogP contribution in [0.25, 0.3) is 0 Å². The lowest BCUT2D eigenvalue weighted by Crippen LogP contribution is -2.41. The van der Waals surface area contributed by atoms with Crippen molar-refractivity contribution >= 4 is 21.8 Å². The van der Waals surface area contributed by atoms with Gasteiger partial charge in [0.25, 0.3) is 0 Å². The predicted molar refractivity (Wildman–Crippen MR) is 91.3 cm³/mol. The van der Waals surface area contributed by atoms with E-state index in [1.165, 1.54) is 0 Å². The third kappa shape index (κ3) is 5.15. The van der Waals surface area contributed by atoms with Gasteiger partial charge in [-0.05, 0) is 62.5 Å². The van der Waals surface area contributed by atoms with E-state index in [-0.39, 0.29) is 11.4 Å². The van der Waals surface area contributed by atoms with Crippen LogP contribution in [0.4, 0.5) is 0 Å². The fourth-order valence-electron chi connectivity index (χ4n) is 2.13. The summed E-state index contributed by atoms with van der Waals surface area (Å²) in [5.41, 5.74) is 0.459. The third-order valence-electron chi connectivity index (χ3n) is 3.44. The maximum Gasteiger partial charge on any atom is 0.240 e. The molecule has 0 amide bonds. The van der Waals surface area contributed by atoms with Gasteiger partial charge in [-0.15, -0.1) is 0 Å². The highest BCUT2D eigenvalue weighted by molar-refractivity contribution is 7.98. The molecule has 0 saturated carbocycles. The van der Waals surface area contributed by atoms with Gasteiger partial charge in [0.15, 0.2) is 0 Å². The molecular weight excluding hydrogens is 322 g/mol. The number of nitrogens with one attached hydrogen (secondary N) is 1. The summed E-state index contributed by atoms with van der Waals surface area (Å²) in [5.74, 6) is 1.46. The molecule has 0 aliphatic rings. The zero-order valence-corrected chi connectivity index (χ0v) is 15.4. The molecule has 0 saturated heterocycles. The van der Waals surface area contributed by atoms with E-state index in [4.69, 9.17) is 4.74 Å². The van der Waals surface area contributed by atoms with Gasteiger partial charge in [0.2, 0.25) is 10.0 Å². The van der Waals surface area contributed by atoms with Crippen molar-refractivity contribution in [2.45, 2.75) is 37.7 Å². The molecule has 0 heterocycles. The van der Waals surface area contributed by atoms with Crippen LogP contribution in [-0.4, -0.2) is 44.8 Å². The number of aryl methyl sites for hydroxylation is 2. The predicted octanol–water partition coefficient (Wildman–Crippen LogP) is 2.09. The summed E-state index contributed by atoms with van der Waals surface area (Å²) in [6.45, 7) is 5.23. The van der Waals surface area contributed by atoms with E-state index in [1.807, 2.05) is 6.26 Å². The number of methoxy groups -OCH3 is 1. The summed E-state index contributed by atoms with van der Waals surface area (Å²) in [6.07, 6.45) is 2.47. The molecule has 1 unspecified atom stereocenters. The Morgan fingerprint density at radius 1 is 1.32 bits per heavy atom. The van der Waals surface area contributed by atoms with Crippen LogP contribution in [0, 0.1) is 13.8 Å². The second kappa shape index (κ2) is 7.68. The Labute approximate surface area is 137 Å². The molecule has 0 aromatic heterocycles. The summed E-state index contributed by atoms with van der Waals surface area (Å²) < 4.78 is 32.5. The molecule has 0 aliphatic heterocycles. The molecule has 22 heavy (non-hydrogen) atoms. The third-order valence-corrected chi connectivity index (χ3v) is 5.43. The largest absolute Gasteiger partial charge is 0.496 e. The Morgan fingerprint density at radius 3 is 2.32 bits per heavy atom. The maximum absolute atomic E-state index is 12.4. The minimum Gasteiger partial charge on any atom is -0.496 e. The molecule has 126 valence electrons. The first-order valence-electron chi connectivity index (χ1n) is 6.99. The van der Waals surface area contributed by atoms with E-state index in [0.29, 0.717) is 12.2 Å². The van der Waals surface area contributed by atoms with Gasteiger partial charge < -0.3 is 9.84 Å². The number of rotatable bonds is 8. The highest BCUT2D eigenvalue weighted by atomic mass is 32.2. The SMILES string of the molecule is COc1c(C)cc(S(=O)(=O)NCC(C)(O)CCSC)cc1C. The molecular formula is C15H25NO4S2. The number of benzene rings is 1. The molecule has 0 spiro atoms. The van der Waals surface area contributed by atoms with Crippen LogP contribution < -0.4 is 9.46 Å². The molecule has 1 aromatic rings. The summed E-state index contributed by atoms with van der Waals surface area (Å²) in [7, 11) is -2.10. The lowest BCUT2D eigenvalue weighted by molar-refractivity contribution is 0.0626. The van der Waals surface area contributed by atoms with E-state index in [1.54, 1.807) is 51.8 Å². The number of thioether (sulfide) groups is 1. The summed E-state index contributed by atoms with van der Waals surface area (Å²) >= 11 is 1.62. The molecule has 0 fully saturated rings. The fourth-order valence-corrected chi connectivity index (χ4v) is 4.11. The lowest BCUT2D eigenvalue weighted by atomic mass is 10.1. The van der Waals surface area contributed by atoms with Gasteiger partial charge in [0.1, 0.15) is 5.75 Å². The smallest absolute Gasteiger partial charge is 0.240 e. The Kier molecular flexibility index (Phi) is 6.73. The lowest BCUT2D eigenvalue weighted by Gasteiger charge is -2.23. The van der Waals surface area contributed by atoms with Gasteiger partial charge in [-0.2, -0.15) is 11.8 Å². The monoisotopic (exact) mass is 347 g/mol. The van der Waals surface area contributed by atoms with Crippen LogP contribution >= 0.6 is 11.8 Å². The number of aliphatic hydroxyl groups is 1. The topological polar surface area (TPSA) is 75.6 Å². The van der Waals surface area contributed by atoms with Gasteiger partial charge in [0.05, 0.1) is 17.6 Å². The Morgan fingerprint density at radius 2 is 1.86 bits per heavy atom. The molecule has 2 N–H and O–H groups in total. The second-order valence-electron chi connectivity index (χ2n) is 5.65. The Balaban J connectivity index is 2.92. The van der Waals surface area contributed by atoms with Gasteiger partial charge in [0, 0.05) is 6.54 Å². The zero-order chi connectivity index (χ0) is 17.0. The molecule has 0 bridgehead atoms. The van der Waals surface area contributed by atoms with E-state index < -0.39 is 15.6 Å². The van der Waals surface area contributed by atoms with Crippen LogP contribution in [0.1, 0.15) is 24.5 Å². The fraction of sp³-hybridized carbons (Fsp3) is 0.600. The number of hydrogen-bond acceptors (Lipinski definition) is 5. The summed E-state index contributed by atoms with van der Waals surface area (Å²) in [5, 5.41) is 10.2. The quantitative estimate of drug-likeness (QED) is 0.753. The molecule has 1 rings (SSSR count). The molecule has 7 heteroatoms. The van der Waals surface area contributed by atoms with Crippen molar-refractivity contribution in [3.8, 4) is 5.75 Å². The normalized spacial score (nSPS) is 14.6. The molecule has 5 nitrogen and oxygen atoms in total. The van der Waals surface area contributed by atoms with Gasteiger partial charge >= 0.3 is 0 Å². The molecule has 1 aromatic carbocycles. The van der Waals surface area contributed by atoms with Crippen molar-refractivity contribution in [1.29, 1.82) is 0 Å². The van der Waals surface area contributed by atoms with Crippen molar-refractivity contribution < 1.29 is 18.3 Å². The van der Waals surface area contributed by atoms with Crippen molar-refractivity contribution in [3.63, 3.8) is 0 Å². The van der Waals surface area contributed by atoms with E-state index in [0.717, 1.165) is 16.9 Å². The average molecular weight is 348 g/mol. The van der Waals surface area contributed by atoms with Crippen LogP contribution in [0.15, 0.2) is 17.0 Å². The van der Waals surface area contributed by atoms with Crippen LogP contribution in [-0.2, 0) is 10.0 Å². The van der Waals surface area contributed by atoms with Crippen molar-refractivity contribution in [3.05, 3.63) is 23.3 Å². The highest BCUT2D eigenvalue weighted by Gasteiger charge is 2.24. The van der Waals surface area contributed by atoms with Gasteiger partial charge in [-0.3, -0.25) is 0 Å². The first-order valence-corrected chi connectivity index (χ1v) is 9.87. The minimum atomic E-state index is -3.66. The summed E-state index contributed by atoms with van der Waals surface area (Å²) in [6, 6.07) is 3.15. The average Bonchev–Trinajstić information content (AvgIpc) is 2.43. The first kappa shape index (κ1) is 19.3. The van der Waals surface area contributed by atoms with Crippen LogP contribution in [0.2, 0.25) is 0 Å². The number of hydrogen-bond donors (Lipinski definition) is 2. The van der Waals surface area contributed by atoms with Crippen molar-refractivity contribution in [2.24, 2.45) is 0 Å². The van der Waals surface area contributed by atoms with E-state index in [2.05, 4.69) is 4.72 Å². The van der Waals surface area contributed by atoms with Gasteiger partial charge in [-0.25, -0.2) is 13.1 Å². The number of sulfonamides is 1. The number of ether oxygens (including phenoxy) is 1. The minimum absolute atomic E-state index is 0.0139. The van der Waals surface area contributed by atoms with Gasteiger partial charge in [-0.1, -0.05) is 0 Å². The highest BCUT2D eigenvalue weighted by Crippen LogP contribution is 2.26. The maximum atomic E-state index is 12.4. The van der Waals surface area contributed by atoms with E-state index >= 15 is 0 Å². The zero-order valence-electron chi connectivity index (χ0n) is 13.8. The molecule has 0 radical (unpaired) electrons. The van der Waals surface area contributed by atoms with Crippen molar-refractivity contribution in [1.82, 2.24) is 4.72 Å². The molecule has 1 atom stereocenters. The Hall–Kier alpha value is -0.760. The first-order chi connectivity index (χ1) is 10.1.